The molecule has 0 radical (unpaired) electrons. The van der Waals surface area contributed by atoms with Crippen molar-refractivity contribution < 1.29 is 14.7 Å². The van der Waals surface area contributed by atoms with Crippen LogP contribution in [0.15, 0.2) is 29.2 Å². The predicted molar refractivity (Wildman–Crippen MR) is 79.2 cm³/mol. The Morgan fingerprint density at radius 1 is 1.30 bits per heavy atom. The molecule has 0 bridgehead atoms. The number of hydrogen-bond donors (Lipinski definition) is 2. The van der Waals surface area contributed by atoms with Crippen molar-refractivity contribution in [1.29, 1.82) is 0 Å². The summed E-state index contributed by atoms with van der Waals surface area (Å²) in [5, 5.41) is 11.8. The summed E-state index contributed by atoms with van der Waals surface area (Å²) >= 11 is 1.58. The van der Waals surface area contributed by atoms with Gasteiger partial charge in [0.2, 0.25) is 0 Å². The van der Waals surface area contributed by atoms with E-state index in [-0.39, 0.29) is 11.9 Å². The number of benzene rings is 1. The van der Waals surface area contributed by atoms with Crippen molar-refractivity contribution in [3.05, 3.63) is 24.3 Å². The molecule has 0 saturated carbocycles. The summed E-state index contributed by atoms with van der Waals surface area (Å²) in [6.45, 7) is 0.981. The number of nitrogens with one attached hydrogen (secondary N) is 1. The SMILES string of the molecule is CSc1ccccc1NC(=O)N1CCC(C(=O)O)CC1. The molecule has 1 heterocycles. The zero-order valence-corrected chi connectivity index (χ0v) is 12.2. The molecule has 2 rings (SSSR count). The number of carbonyl (C=O) groups is 2. The second kappa shape index (κ2) is 6.65. The van der Waals surface area contributed by atoms with E-state index in [1.807, 2.05) is 30.5 Å². The Kier molecular flexibility index (Phi) is 4.89. The lowest BCUT2D eigenvalue weighted by Crippen LogP contribution is -2.42. The molecule has 108 valence electrons. The first-order valence-electron chi connectivity index (χ1n) is 6.53. The lowest BCUT2D eigenvalue weighted by molar-refractivity contribution is -0.143. The van der Waals surface area contributed by atoms with Crippen molar-refractivity contribution in [2.75, 3.05) is 24.7 Å². The molecule has 20 heavy (non-hydrogen) atoms. The van der Waals surface area contributed by atoms with E-state index in [0.29, 0.717) is 25.9 Å². The van der Waals surface area contributed by atoms with Gasteiger partial charge in [-0.25, -0.2) is 4.79 Å². The molecule has 0 aromatic heterocycles. The minimum atomic E-state index is -0.766. The molecule has 1 fully saturated rings. The van der Waals surface area contributed by atoms with Crippen LogP contribution in [0.5, 0.6) is 0 Å². The van der Waals surface area contributed by atoms with Gasteiger partial charge in [0.1, 0.15) is 0 Å². The van der Waals surface area contributed by atoms with E-state index < -0.39 is 5.97 Å². The van der Waals surface area contributed by atoms with E-state index in [0.717, 1.165) is 10.6 Å². The number of amides is 2. The van der Waals surface area contributed by atoms with Crippen molar-refractivity contribution in [1.82, 2.24) is 4.90 Å². The summed E-state index contributed by atoms with van der Waals surface area (Å²) in [4.78, 5) is 25.7. The van der Waals surface area contributed by atoms with E-state index in [9.17, 15) is 9.59 Å². The molecule has 1 aliphatic heterocycles. The zero-order valence-electron chi connectivity index (χ0n) is 11.3. The summed E-state index contributed by atoms with van der Waals surface area (Å²) in [6.07, 6.45) is 3.00. The maximum atomic E-state index is 12.2. The number of para-hydroxylation sites is 1. The van der Waals surface area contributed by atoms with Crippen molar-refractivity contribution >= 4 is 29.4 Å². The third-order valence-electron chi connectivity index (χ3n) is 3.48. The van der Waals surface area contributed by atoms with Crippen molar-refractivity contribution in [3.8, 4) is 0 Å². The standard InChI is InChI=1S/C14H18N2O3S/c1-20-12-5-3-2-4-11(12)15-14(19)16-8-6-10(7-9-16)13(17)18/h2-5,10H,6-9H2,1H3,(H,15,19)(H,17,18). The number of nitrogens with zero attached hydrogens (tertiary/aromatic N) is 1. The summed E-state index contributed by atoms with van der Waals surface area (Å²) in [7, 11) is 0. The molecule has 2 N–H and O–H groups in total. The minimum absolute atomic E-state index is 0.157. The summed E-state index contributed by atoms with van der Waals surface area (Å²) in [6, 6.07) is 7.48. The van der Waals surface area contributed by atoms with Gasteiger partial charge in [0.25, 0.3) is 0 Å². The van der Waals surface area contributed by atoms with Crippen LogP contribution in [0.4, 0.5) is 10.5 Å². The highest BCUT2D eigenvalue weighted by molar-refractivity contribution is 7.98. The average Bonchev–Trinajstić information content (AvgIpc) is 2.48. The van der Waals surface area contributed by atoms with Crippen molar-refractivity contribution in [2.24, 2.45) is 5.92 Å². The van der Waals surface area contributed by atoms with Crippen LogP contribution in [-0.2, 0) is 4.79 Å². The highest BCUT2D eigenvalue weighted by atomic mass is 32.2. The maximum absolute atomic E-state index is 12.2. The molecule has 5 nitrogen and oxygen atoms in total. The fraction of sp³-hybridized carbons (Fsp3) is 0.429. The first-order valence-corrected chi connectivity index (χ1v) is 7.76. The molecular formula is C14H18N2O3S. The number of piperidine rings is 1. The van der Waals surface area contributed by atoms with E-state index in [2.05, 4.69) is 5.32 Å². The Morgan fingerprint density at radius 3 is 2.55 bits per heavy atom. The average molecular weight is 294 g/mol. The Labute approximate surface area is 122 Å². The smallest absolute Gasteiger partial charge is 0.321 e. The number of hydrogen-bond acceptors (Lipinski definition) is 3. The quantitative estimate of drug-likeness (QED) is 0.841. The van der Waals surface area contributed by atoms with Gasteiger partial charge in [0.15, 0.2) is 0 Å². The van der Waals surface area contributed by atoms with Gasteiger partial charge < -0.3 is 15.3 Å². The molecule has 0 atom stereocenters. The number of rotatable bonds is 3. The molecule has 2 amide bonds. The van der Waals surface area contributed by atoms with Gasteiger partial charge in [-0.05, 0) is 31.2 Å². The highest BCUT2D eigenvalue weighted by Gasteiger charge is 2.27. The summed E-state index contributed by atoms with van der Waals surface area (Å²) < 4.78 is 0. The third kappa shape index (κ3) is 3.45. The Bertz CT molecular complexity index is 499. The summed E-state index contributed by atoms with van der Waals surface area (Å²) in [5.74, 6) is -1.09. The van der Waals surface area contributed by atoms with Gasteiger partial charge in [-0.3, -0.25) is 4.79 Å². The normalized spacial score (nSPS) is 15.9. The van der Waals surface area contributed by atoms with Crippen LogP contribution in [0.2, 0.25) is 0 Å². The van der Waals surface area contributed by atoms with Crippen LogP contribution in [0.3, 0.4) is 0 Å². The molecule has 6 heteroatoms. The van der Waals surface area contributed by atoms with Gasteiger partial charge in [-0.2, -0.15) is 0 Å². The van der Waals surface area contributed by atoms with Gasteiger partial charge in [0.05, 0.1) is 11.6 Å². The van der Waals surface area contributed by atoms with Crippen molar-refractivity contribution in [2.45, 2.75) is 17.7 Å². The second-order valence-corrected chi connectivity index (χ2v) is 5.58. The minimum Gasteiger partial charge on any atom is -0.481 e. The van der Waals surface area contributed by atoms with Gasteiger partial charge >= 0.3 is 12.0 Å². The number of thioether (sulfide) groups is 1. The number of carbonyl (C=O) groups excluding carboxylic acids is 1. The van der Waals surface area contributed by atoms with Crippen LogP contribution in [0, 0.1) is 5.92 Å². The van der Waals surface area contributed by atoms with Gasteiger partial charge in [-0.15, -0.1) is 11.8 Å². The van der Waals surface area contributed by atoms with Crippen LogP contribution in [-0.4, -0.2) is 41.4 Å². The molecule has 1 aliphatic rings. The molecule has 0 aliphatic carbocycles. The molecule has 0 spiro atoms. The second-order valence-electron chi connectivity index (χ2n) is 4.73. The van der Waals surface area contributed by atoms with Crippen LogP contribution in [0.25, 0.3) is 0 Å². The molecule has 0 unspecified atom stereocenters. The Balaban J connectivity index is 1.94. The highest BCUT2D eigenvalue weighted by Crippen LogP contribution is 2.25. The Morgan fingerprint density at radius 2 is 1.95 bits per heavy atom. The van der Waals surface area contributed by atoms with E-state index in [1.165, 1.54) is 0 Å². The largest absolute Gasteiger partial charge is 0.481 e. The molecular weight excluding hydrogens is 276 g/mol. The molecule has 1 aromatic rings. The van der Waals surface area contributed by atoms with E-state index in [1.54, 1.807) is 16.7 Å². The zero-order chi connectivity index (χ0) is 14.5. The van der Waals surface area contributed by atoms with Gasteiger partial charge in [-0.1, -0.05) is 12.1 Å². The van der Waals surface area contributed by atoms with E-state index >= 15 is 0 Å². The van der Waals surface area contributed by atoms with Crippen LogP contribution in [0.1, 0.15) is 12.8 Å². The molecule has 1 saturated heterocycles. The number of carboxylic acid groups (broad SMARTS) is 1. The lowest BCUT2D eigenvalue weighted by Gasteiger charge is -2.30. The van der Waals surface area contributed by atoms with Crippen molar-refractivity contribution in [3.63, 3.8) is 0 Å². The fourth-order valence-corrected chi connectivity index (χ4v) is 2.83. The van der Waals surface area contributed by atoms with Crippen LogP contribution >= 0.6 is 11.8 Å². The lowest BCUT2D eigenvalue weighted by atomic mass is 9.97. The fourth-order valence-electron chi connectivity index (χ4n) is 2.27. The number of likely N-dealkylation sites (tertiary alicyclic amines) is 1. The Hall–Kier alpha value is -1.69. The summed E-state index contributed by atoms with van der Waals surface area (Å²) in [5.41, 5.74) is 0.797. The third-order valence-corrected chi connectivity index (χ3v) is 4.28. The number of anilines is 1. The number of aliphatic carboxylic acids is 1. The first-order chi connectivity index (χ1) is 9.61. The predicted octanol–water partition coefficient (Wildman–Crippen LogP) is 2.74. The topological polar surface area (TPSA) is 69.6 Å². The van der Waals surface area contributed by atoms with Gasteiger partial charge in [0, 0.05) is 18.0 Å². The monoisotopic (exact) mass is 294 g/mol. The number of carboxylic acids is 1. The first kappa shape index (κ1) is 14.7. The van der Waals surface area contributed by atoms with Crippen LogP contribution < -0.4 is 5.32 Å². The number of urea groups is 1. The van der Waals surface area contributed by atoms with E-state index in [4.69, 9.17) is 5.11 Å². The molecule has 1 aromatic carbocycles. The maximum Gasteiger partial charge on any atom is 0.321 e.